The van der Waals surface area contributed by atoms with Gasteiger partial charge in [0, 0.05) is 32.6 Å². The normalized spacial score (nSPS) is 11.4. The predicted octanol–water partition coefficient (Wildman–Crippen LogP) is 3.24. The van der Waals surface area contributed by atoms with Crippen molar-refractivity contribution in [3.63, 3.8) is 0 Å². The third-order valence-corrected chi connectivity index (χ3v) is 4.00. The minimum absolute atomic E-state index is 0.0580. The van der Waals surface area contributed by atoms with E-state index in [1.165, 1.54) is 5.56 Å². The fraction of sp³-hybridized carbons (Fsp3) is 0.500. The first-order valence-corrected chi connectivity index (χ1v) is 8.81. The second-order valence-electron chi connectivity index (χ2n) is 7.36. The number of benzene rings is 1. The molecule has 1 aromatic carbocycles. The van der Waals surface area contributed by atoms with Crippen LogP contribution in [0.4, 0.5) is 0 Å². The minimum Gasteiger partial charge on any atom is -0.494 e. The monoisotopic (exact) mass is 343 g/mol. The second-order valence-corrected chi connectivity index (χ2v) is 7.36. The summed E-state index contributed by atoms with van der Waals surface area (Å²) in [5, 5.41) is 2.92. The Hall–Kier alpha value is -2.30. The Morgan fingerprint density at radius 1 is 1.24 bits per heavy atom. The highest BCUT2D eigenvalue weighted by Gasteiger charge is 2.12. The molecule has 2 aromatic rings. The lowest BCUT2D eigenvalue weighted by Crippen LogP contribution is -2.25. The van der Waals surface area contributed by atoms with Gasteiger partial charge in [-0.05, 0) is 29.5 Å². The van der Waals surface area contributed by atoms with E-state index in [1.807, 2.05) is 29.9 Å². The van der Waals surface area contributed by atoms with Crippen molar-refractivity contribution in [1.82, 2.24) is 14.9 Å². The number of hydrogen-bond donors (Lipinski definition) is 1. The number of carbonyl (C=O) groups is 1. The summed E-state index contributed by atoms with van der Waals surface area (Å²) in [6, 6.07) is 8.18. The first-order valence-electron chi connectivity index (χ1n) is 8.81. The van der Waals surface area contributed by atoms with Gasteiger partial charge in [-0.3, -0.25) is 4.79 Å². The van der Waals surface area contributed by atoms with E-state index in [1.54, 1.807) is 6.33 Å². The molecule has 1 amide bonds. The summed E-state index contributed by atoms with van der Waals surface area (Å²) in [6.45, 7) is 7.73. The van der Waals surface area contributed by atoms with E-state index >= 15 is 0 Å². The van der Waals surface area contributed by atoms with Crippen LogP contribution in [0.1, 0.15) is 44.9 Å². The standard InChI is InChI=1S/C20H29N3O2/c1-20(2,3)16-7-9-18(10-8-16)25-13-5-6-19(24)21-12-11-17-14-23(4)15-22-17/h7-10,14-15H,5-6,11-13H2,1-4H3,(H,21,24). The van der Waals surface area contributed by atoms with Crippen molar-refractivity contribution in [3.8, 4) is 5.75 Å². The molecule has 0 aliphatic carbocycles. The number of nitrogens with zero attached hydrogens (tertiary/aromatic N) is 2. The van der Waals surface area contributed by atoms with Crippen LogP contribution >= 0.6 is 0 Å². The number of aryl methyl sites for hydroxylation is 1. The Morgan fingerprint density at radius 2 is 1.96 bits per heavy atom. The molecule has 1 aromatic heterocycles. The molecule has 0 saturated heterocycles. The molecule has 2 rings (SSSR count). The van der Waals surface area contributed by atoms with Crippen LogP contribution in [0.5, 0.6) is 5.75 Å². The zero-order valence-corrected chi connectivity index (χ0v) is 15.7. The number of aromatic nitrogens is 2. The van der Waals surface area contributed by atoms with Crippen LogP contribution in [-0.4, -0.2) is 28.6 Å². The van der Waals surface area contributed by atoms with Gasteiger partial charge in [0.25, 0.3) is 0 Å². The average molecular weight is 343 g/mol. The molecule has 0 saturated carbocycles. The summed E-state index contributed by atoms with van der Waals surface area (Å²) in [5.74, 6) is 0.908. The van der Waals surface area contributed by atoms with Gasteiger partial charge in [0.1, 0.15) is 5.75 Å². The van der Waals surface area contributed by atoms with Crippen molar-refractivity contribution < 1.29 is 9.53 Å². The van der Waals surface area contributed by atoms with Gasteiger partial charge in [0.2, 0.25) is 5.91 Å². The van der Waals surface area contributed by atoms with Gasteiger partial charge in [-0.25, -0.2) is 4.98 Å². The molecule has 1 N–H and O–H groups in total. The van der Waals surface area contributed by atoms with Crippen LogP contribution in [0.25, 0.3) is 0 Å². The summed E-state index contributed by atoms with van der Waals surface area (Å²) in [6.07, 6.45) is 5.66. The molecular formula is C20H29N3O2. The SMILES string of the molecule is Cn1cnc(CCNC(=O)CCCOc2ccc(C(C)(C)C)cc2)c1. The Balaban J connectivity index is 1.59. The van der Waals surface area contributed by atoms with Crippen molar-refractivity contribution in [2.75, 3.05) is 13.2 Å². The number of nitrogens with one attached hydrogen (secondary N) is 1. The number of imidazole rings is 1. The van der Waals surface area contributed by atoms with E-state index < -0.39 is 0 Å². The lowest BCUT2D eigenvalue weighted by molar-refractivity contribution is -0.121. The third kappa shape index (κ3) is 6.61. The molecule has 5 heteroatoms. The maximum atomic E-state index is 11.8. The van der Waals surface area contributed by atoms with Gasteiger partial charge in [0.15, 0.2) is 0 Å². The molecule has 1 heterocycles. The molecule has 0 aliphatic heterocycles. The quantitative estimate of drug-likeness (QED) is 0.749. The smallest absolute Gasteiger partial charge is 0.220 e. The van der Waals surface area contributed by atoms with Crippen LogP contribution in [0.3, 0.4) is 0 Å². The summed E-state index contributed by atoms with van der Waals surface area (Å²) in [4.78, 5) is 16.0. The molecule has 0 atom stereocenters. The number of hydrogen-bond acceptors (Lipinski definition) is 3. The Kier molecular flexibility index (Phi) is 6.62. The van der Waals surface area contributed by atoms with Crippen LogP contribution in [-0.2, 0) is 23.7 Å². The molecule has 0 radical (unpaired) electrons. The third-order valence-electron chi connectivity index (χ3n) is 4.00. The zero-order valence-electron chi connectivity index (χ0n) is 15.7. The van der Waals surface area contributed by atoms with Gasteiger partial charge in [-0.2, -0.15) is 0 Å². The van der Waals surface area contributed by atoms with Gasteiger partial charge < -0.3 is 14.6 Å². The van der Waals surface area contributed by atoms with Crippen molar-refractivity contribution in [2.45, 2.75) is 45.4 Å². The van der Waals surface area contributed by atoms with E-state index in [4.69, 9.17) is 4.74 Å². The van der Waals surface area contributed by atoms with E-state index in [0.717, 1.165) is 17.9 Å². The molecule has 0 bridgehead atoms. The van der Waals surface area contributed by atoms with Crippen molar-refractivity contribution in [2.24, 2.45) is 7.05 Å². The van der Waals surface area contributed by atoms with E-state index in [2.05, 4.69) is 43.2 Å². The van der Waals surface area contributed by atoms with Crippen LogP contribution in [0.15, 0.2) is 36.8 Å². The number of carbonyl (C=O) groups excluding carboxylic acids is 1. The highest BCUT2D eigenvalue weighted by Crippen LogP contribution is 2.24. The topological polar surface area (TPSA) is 56.2 Å². The van der Waals surface area contributed by atoms with Crippen LogP contribution in [0.2, 0.25) is 0 Å². The molecule has 136 valence electrons. The van der Waals surface area contributed by atoms with E-state index in [-0.39, 0.29) is 11.3 Å². The fourth-order valence-corrected chi connectivity index (χ4v) is 2.49. The second kappa shape index (κ2) is 8.70. The average Bonchev–Trinajstić information content (AvgIpc) is 2.96. The summed E-state index contributed by atoms with van der Waals surface area (Å²) < 4.78 is 7.61. The summed E-state index contributed by atoms with van der Waals surface area (Å²) in [7, 11) is 1.94. The summed E-state index contributed by atoms with van der Waals surface area (Å²) >= 11 is 0. The van der Waals surface area contributed by atoms with Crippen molar-refractivity contribution in [3.05, 3.63) is 48.0 Å². The lowest BCUT2D eigenvalue weighted by Gasteiger charge is -2.19. The molecule has 0 spiro atoms. The maximum absolute atomic E-state index is 11.8. The first-order chi connectivity index (χ1) is 11.8. The van der Waals surface area contributed by atoms with E-state index in [9.17, 15) is 4.79 Å². The Morgan fingerprint density at radius 3 is 2.56 bits per heavy atom. The van der Waals surface area contributed by atoms with Gasteiger partial charge >= 0.3 is 0 Å². The van der Waals surface area contributed by atoms with Gasteiger partial charge in [-0.1, -0.05) is 32.9 Å². The van der Waals surface area contributed by atoms with Crippen LogP contribution < -0.4 is 10.1 Å². The minimum atomic E-state index is 0.0580. The predicted molar refractivity (Wildman–Crippen MR) is 99.8 cm³/mol. The fourth-order valence-electron chi connectivity index (χ4n) is 2.49. The highest BCUT2D eigenvalue weighted by molar-refractivity contribution is 5.75. The maximum Gasteiger partial charge on any atom is 0.220 e. The molecule has 0 fully saturated rings. The number of amides is 1. The Bertz CT molecular complexity index is 669. The van der Waals surface area contributed by atoms with Crippen LogP contribution in [0, 0.1) is 0 Å². The lowest BCUT2D eigenvalue weighted by atomic mass is 9.87. The molecule has 5 nitrogen and oxygen atoms in total. The molecular weight excluding hydrogens is 314 g/mol. The largest absolute Gasteiger partial charge is 0.494 e. The number of ether oxygens (including phenoxy) is 1. The van der Waals surface area contributed by atoms with Crippen molar-refractivity contribution in [1.29, 1.82) is 0 Å². The molecule has 0 aliphatic rings. The van der Waals surface area contributed by atoms with Gasteiger partial charge in [0.05, 0.1) is 18.6 Å². The highest BCUT2D eigenvalue weighted by atomic mass is 16.5. The van der Waals surface area contributed by atoms with Crippen molar-refractivity contribution >= 4 is 5.91 Å². The zero-order chi connectivity index (χ0) is 18.3. The van der Waals surface area contributed by atoms with E-state index in [0.29, 0.717) is 26.0 Å². The molecule has 25 heavy (non-hydrogen) atoms. The van der Waals surface area contributed by atoms with Gasteiger partial charge in [-0.15, -0.1) is 0 Å². The first kappa shape index (κ1) is 19.0. The molecule has 0 unspecified atom stereocenters. The number of rotatable bonds is 8. The Labute approximate surface area is 150 Å². The summed E-state index contributed by atoms with van der Waals surface area (Å²) in [5.41, 5.74) is 2.42.